The Morgan fingerprint density at radius 3 is 2.38 bits per heavy atom. The van der Waals surface area contributed by atoms with Crippen molar-refractivity contribution in [2.24, 2.45) is 0 Å². The van der Waals surface area contributed by atoms with Crippen LogP contribution in [0, 0.1) is 0 Å². The van der Waals surface area contributed by atoms with Crippen molar-refractivity contribution in [3.05, 3.63) is 0 Å². The molecule has 0 amide bonds. The fraction of sp³-hybridized carbons (Fsp3) is 1.00. The first-order valence-electron chi connectivity index (χ1n) is 5.22. The molecule has 0 spiro atoms. The van der Waals surface area contributed by atoms with Crippen molar-refractivity contribution in [2.75, 3.05) is 13.2 Å². The molecule has 78 valence electrons. The summed E-state index contributed by atoms with van der Waals surface area (Å²) in [5.41, 5.74) is -0.102. The predicted molar refractivity (Wildman–Crippen MR) is 52.6 cm³/mol. The van der Waals surface area contributed by atoms with E-state index in [0.29, 0.717) is 6.54 Å². The highest BCUT2D eigenvalue weighted by Crippen LogP contribution is 2.27. The maximum Gasteiger partial charge on any atom is 0.0636 e. The van der Waals surface area contributed by atoms with Gasteiger partial charge in [-0.3, -0.25) is 0 Å². The molecule has 3 N–H and O–H groups in total. The second kappa shape index (κ2) is 4.94. The minimum absolute atomic E-state index is 0.102. The fourth-order valence-corrected chi connectivity index (χ4v) is 1.98. The number of rotatable bonds is 4. The van der Waals surface area contributed by atoms with Gasteiger partial charge in [-0.15, -0.1) is 0 Å². The maximum absolute atomic E-state index is 9.31. The molecule has 0 heterocycles. The highest BCUT2D eigenvalue weighted by Gasteiger charge is 2.30. The van der Waals surface area contributed by atoms with Crippen LogP contribution in [0.1, 0.15) is 39.0 Å². The van der Waals surface area contributed by atoms with E-state index in [1.54, 1.807) is 6.92 Å². The van der Waals surface area contributed by atoms with E-state index in [9.17, 15) is 5.11 Å². The predicted octanol–water partition coefficient (Wildman–Crippen LogP) is 0.652. The van der Waals surface area contributed by atoms with Crippen LogP contribution in [0.4, 0.5) is 0 Å². The summed E-state index contributed by atoms with van der Waals surface area (Å²) >= 11 is 0. The first-order chi connectivity index (χ1) is 6.18. The van der Waals surface area contributed by atoms with Crippen molar-refractivity contribution in [3.63, 3.8) is 0 Å². The first kappa shape index (κ1) is 11.0. The Morgan fingerprint density at radius 2 is 1.92 bits per heavy atom. The van der Waals surface area contributed by atoms with Crippen LogP contribution in [0.3, 0.4) is 0 Å². The summed E-state index contributed by atoms with van der Waals surface area (Å²) in [5.74, 6) is 0. The molecule has 0 radical (unpaired) electrons. The summed E-state index contributed by atoms with van der Waals surface area (Å²) < 4.78 is 0. The van der Waals surface area contributed by atoms with Crippen molar-refractivity contribution in [2.45, 2.75) is 50.7 Å². The molecule has 0 unspecified atom stereocenters. The molecule has 0 aromatic rings. The summed E-state index contributed by atoms with van der Waals surface area (Å²) in [4.78, 5) is 0. The van der Waals surface area contributed by atoms with Gasteiger partial charge < -0.3 is 15.5 Å². The zero-order valence-electron chi connectivity index (χ0n) is 8.42. The van der Waals surface area contributed by atoms with E-state index >= 15 is 0 Å². The second-order valence-electron chi connectivity index (χ2n) is 4.23. The van der Waals surface area contributed by atoms with E-state index in [1.165, 1.54) is 19.3 Å². The lowest BCUT2D eigenvalue weighted by Gasteiger charge is -2.37. The Hall–Kier alpha value is -0.120. The molecule has 1 aliphatic carbocycles. The number of aliphatic hydroxyl groups is 2. The molecule has 0 saturated heterocycles. The van der Waals surface area contributed by atoms with E-state index in [1.807, 2.05) is 0 Å². The number of β-amino-alcohol motifs (C(OH)–C–C–N with tert-alkyl or cyclic N) is 1. The van der Waals surface area contributed by atoms with Crippen molar-refractivity contribution < 1.29 is 10.2 Å². The van der Waals surface area contributed by atoms with Crippen LogP contribution in [-0.4, -0.2) is 35.0 Å². The molecule has 1 fully saturated rings. The van der Waals surface area contributed by atoms with Gasteiger partial charge >= 0.3 is 0 Å². The monoisotopic (exact) mass is 187 g/mol. The van der Waals surface area contributed by atoms with Crippen LogP contribution < -0.4 is 5.32 Å². The van der Waals surface area contributed by atoms with Crippen molar-refractivity contribution >= 4 is 0 Å². The smallest absolute Gasteiger partial charge is 0.0636 e. The largest absolute Gasteiger partial charge is 0.394 e. The molecule has 3 nitrogen and oxygen atoms in total. The normalized spacial score (nSPS) is 24.2. The summed E-state index contributed by atoms with van der Waals surface area (Å²) in [7, 11) is 0. The molecule has 0 aromatic heterocycles. The van der Waals surface area contributed by atoms with Crippen LogP contribution in [0.15, 0.2) is 0 Å². The van der Waals surface area contributed by atoms with Gasteiger partial charge in [-0.05, 0) is 19.8 Å². The summed E-state index contributed by atoms with van der Waals surface area (Å²) in [6, 6.07) is 0. The molecule has 0 bridgehead atoms. The van der Waals surface area contributed by atoms with Gasteiger partial charge in [0.15, 0.2) is 0 Å². The molecule has 1 atom stereocenters. The standard InChI is InChI=1S/C10H21NO2/c1-9(13)7-11-10(8-12)5-3-2-4-6-10/h9,11-13H,2-8H2,1H3/t9-/m0/s1. The maximum atomic E-state index is 9.31. The van der Waals surface area contributed by atoms with Gasteiger partial charge in [0, 0.05) is 12.1 Å². The van der Waals surface area contributed by atoms with E-state index in [-0.39, 0.29) is 18.2 Å². The van der Waals surface area contributed by atoms with Gasteiger partial charge in [-0.25, -0.2) is 0 Å². The highest BCUT2D eigenvalue weighted by molar-refractivity contribution is 4.90. The summed E-state index contributed by atoms with van der Waals surface area (Å²) in [6.45, 7) is 2.54. The Bertz CT molecular complexity index is 142. The quantitative estimate of drug-likeness (QED) is 0.606. The van der Waals surface area contributed by atoms with Crippen LogP contribution in [0.2, 0.25) is 0 Å². The van der Waals surface area contributed by atoms with Crippen molar-refractivity contribution in [1.82, 2.24) is 5.32 Å². The molecule has 3 heteroatoms. The number of hydrogen-bond acceptors (Lipinski definition) is 3. The molecular formula is C10H21NO2. The summed E-state index contributed by atoms with van der Waals surface area (Å²) in [6.07, 6.45) is 5.40. The zero-order valence-corrected chi connectivity index (χ0v) is 8.42. The Kier molecular flexibility index (Phi) is 4.16. The topological polar surface area (TPSA) is 52.5 Å². The third-order valence-electron chi connectivity index (χ3n) is 2.89. The lowest BCUT2D eigenvalue weighted by molar-refractivity contribution is 0.0993. The second-order valence-corrected chi connectivity index (χ2v) is 4.23. The summed E-state index contributed by atoms with van der Waals surface area (Å²) in [5, 5.41) is 21.7. The van der Waals surface area contributed by atoms with E-state index in [0.717, 1.165) is 12.8 Å². The Labute approximate surface area is 80.2 Å². The highest BCUT2D eigenvalue weighted by atomic mass is 16.3. The van der Waals surface area contributed by atoms with E-state index in [4.69, 9.17) is 5.11 Å². The van der Waals surface area contributed by atoms with Crippen LogP contribution in [0.25, 0.3) is 0 Å². The van der Waals surface area contributed by atoms with Crippen LogP contribution in [-0.2, 0) is 0 Å². The van der Waals surface area contributed by atoms with Crippen molar-refractivity contribution in [3.8, 4) is 0 Å². The van der Waals surface area contributed by atoms with E-state index in [2.05, 4.69) is 5.32 Å². The molecule has 0 aromatic carbocycles. The average molecular weight is 187 g/mol. The van der Waals surface area contributed by atoms with Gasteiger partial charge in [-0.1, -0.05) is 19.3 Å². The molecule has 0 aliphatic heterocycles. The molecule has 1 saturated carbocycles. The molecule has 13 heavy (non-hydrogen) atoms. The number of nitrogens with one attached hydrogen (secondary N) is 1. The Morgan fingerprint density at radius 1 is 1.31 bits per heavy atom. The number of aliphatic hydroxyl groups excluding tert-OH is 2. The van der Waals surface area contributed by atoms with Gasteiger partial charge in [0.05, 0.1) is 12.7 Å². The number of hydrogen-bond donors (Lipinski definition) is 3. The third-order valence-corrected chi connectivity index (χ3v) is 2.89. The Balaban J connectivity index is 2.38. The SMILES string of the molecule is C[C@H](O)CNC1(CO)CCCCC1. The lowest BCUT2D eigenvalue weighted by atomic mass is 9.82. The average Bonchev–Trinajstić information content (AvgIpc) is 2.16. The van der Waals surface area contributed by atoms with Gasteiger partial charge in [-0.2, -0.15) is 0 Å². The zero-order chi connectivity index (χ0) is 9.73. The van der Waals surface area contributed by atoms with Gasteiger partial charge in [0.25, 0.3) is 0 Å². The van der Waals surface area contributed by atoms with Gasteiger partial charge in [0.1, 0.15) is 0 Å². The van der Waals surface area contributed by atoms with Crippen molar-refractivity contribution in [1.29, 1.82) is 0 Å². The minimum atomic E-state index is -0.328. The first-order valence-corrected chi connectivity index (χ1v) is 5.22. The van der Waals surface area contributed by atoms with Crippen LogP contribution in [0.5, 0.6) is 0 Å². The third kappa shape index (κ3) is 3.25. The minimum Gasteiger partial charge on any atom is -0.394 e. The fourth-order valence-electron chi connectivity index (χ4n) is 1.98. The molecule has 1 rings (SSSR count). The van der Waals surface area contributed by atoms with Gasteiger partial charge in [0.2, 0.25) is 0 Å². The lowest BCUT2D eigenvalue weighted by Crippen LogP contribution is -2.51. The molecular weight excluding hydrogens is 166 g/mol. The molecule has 1 aliphatic rings. The van der Waals surface area contributed by atoms with E-state index < -0.39 is 0 Å². The van der Waals surface area contributed by atoms with Crippen LogP contribution >= 0.6 is 0 Å².